The number of nitrogens with zero attached hydrogens (tertiary/aromatic N) is 1. The number of esters is 1. The summed E-state index contributed by atoms with van der Waals surface area (Å²) >= 11 is 0. The highest BCUT2D eigenvalue weighted by Gasteiger charge is 2.42. The summed E-state index contributed by atoms with van der Waals surface area (Å²) in [7, 11) is 0. The van der Waals surface area contributed by atoms with Gasteiger partial charge < -0.3 is 15.0 Å². The minimum Gasteiger partial charge on any atom is -0.460 e. The van der Waals surface area contributed by atoms with Gasteiger partial charge in [0, 0.05) is 25.6 Å². The summed E-state index contributed by atoms with van der Waals surface area (Å²) in [6.07, 6.45) is 8.51. The van der Waals surface area contributed by atoms with Crippen LogP contribution in [-0.2, 0) is 26.2 Å². The second kappa shape index (κ2) is 12.5. The molecule has 206 valence electrons. The molecule has 0 spiro atoms. The van der Waals surface area contributed by atoms with Crippen molar-refractivity contribution in [3.63, 3.8) is 0 Å². The SMILES string of the molecule is C[C@@H]1CCCN1CCc1ccc(-c2ccc(C3(C(=O)NCCCC(=O)OC(C)(C)C)CCCC3)cc2)cc1. The molecule has 4 rings (SSSR count). The van der Waals surface area contributed by atoms with Crippen molar-refractivity contribution >= 4 is 11.9 Å². The lowest BCUT2D eigenvalue weighted by molar-refractivity contribution is -0.155. The lowest BCUT2D eigenvalue weighted by Crippen LogP contribution is -2.43. The van der Waals surface area contributed by atoms with E-state index >= 15 is 0 Å². The summed E-state index contributed by atoms with van der Waals surface area (Å²) in [4.78, 5) is 28.0. The second-order valence-corrected chi connectivity index (χ2v) is 12.3. The molecule has 2 aromatic rings. The Hall–Kier alpha value is -2.66. The number of hydrogen-bond donors (Lipinski definition) is 1. The topological polar surface area (TPSA) is 58.6 Å². The van der Waals surface area contributed by atoms with Gasteiger partial charge in [0.25, 0.3) is 0 Å². The van der Waals surface area contributed by atoms with E-state index in [2.05, 4.69) is 65.7 Å². The number of amides is 1. The summed E-state index contributed by atoms with van der Waals surface area (Å²) in [5, 5.41) is 3.12. The lowest BCUT2D eigenvalue weighted by Gasteiger charge is -2.28. The molecule has 2 aliphatic rings. The molecule has 1 atom stereocenters. The molecule has 1 N–H and O–H groups in total. The highest BCUT2D eigenvalue weighted by molar-refractivity contribution is 5.88. The number of likely N-dealkylation sites (tertiary alicyclic amines) is 1. The van der Waals surface area contributed by atoms with Gasteiger partial charge >= 0.3 is 5.97 Å². The van der Waals surface area contributed by atoms with Crippen LogP contribution in [0.4, 0.5) is 0 Å². The predicted octanol–water partition coefficient (Wildman–Crippen LogP) is 6.43. The minimum atomic E-state index is -0.478. The third-order valence-corrected chi connectivity index (χ3v) is 8.26. The highest BCUT2D eigenvalue weighted by atomic mass is 16.6. The number of hydrogen-bond acceptors (Lipinski definition) is 4. The first-order valence-corrected chi connectivity index (χ1v) is 14.6. The van der Waals surface area contributed by atoms with Gasteiger partial charge in [0.1, 0.15) is 5.60 Å². The molecule has 2 fully saturated rings. The first-order valence-electron chi connectivity index (χ1n) is 14.6. The summed E-state index contributed by atoms with van der Waals surface area (Å²) in [5.74, 6) is -0.129. The third-order valence-electron chi connectivity index (χ3n) is 8.26. The normalized spacial score (nSPS) is 19.4. The Bertz CT molecular complexity index is 1060. The van der Waals surface area contributed by atoms with E-state index in [-0.39, 0.29) is 11.9 Å². The van der Waals surface area contributed by atoms with Crippen LogP contribution in [-0.4, -0.2) is 48.1 Å². The van der Waals surface area contributed by atoms with Gasteiger partial charge in [-0.25, -0.2) is 0 Å². The molecule has 1 amide bonds. The molecule has 1 saturated carbocycles. The van der Waals surface area contributed by atoms with Crippen molar-refractivity contribution in [3.8, 4) is 11.1 Å². The molecule has 1 heterocycles. The quantitative estimate of drug-likeness (QED) is 0.291. The molecule has 1 aliphatic carbocycles. The van der Waals surface area contributed by atoms with Crippen molar-refractivity contribution < 1.29 is 14.3 Å². The first-order chi connectivity index (χ1) is 18.2. The predicted molar refractivity (Wildman–Crippen MR) is 154 cm³/mol. The molecule has 0 aromatic heterocycles. The van der Waals surface area contributed by atoms with E-state index in [0.717, 1.165) is 50.3 Å². The summed E-state index contributed by atoms with van der Waals surface area (Å²) in [5.41, 5.74) is 3.93. The molecule has 0 bridgehead atoms. The Morgan fingerprint density at radius 2 is 1.61 bits per heavy atom. The fourth-order valence-electron chi connectivity index (χ4n) is 6.06. The molecule has 0 unspecified atom stereocenters. The number of carbonyl (C=O) groups excluding carboxylic acids is 2. The minimum absolute atomic E-state index is 0.0867. The van der Waals surface area contributed by atoms with Gasteiger partial charge in [-0.15, -0.1) is 0 Å². The summed E-state index contributed by atoms with van der Waals surface area (Å²) < 4.78 is 5.37. The zero-order valence-electron chi connectivity index (χ0n) is 23.9. The van der Waals surface area contributed by atoms with E-state index in [1.807, 2.05) is 20.8 Å². The Labute approximate surface area is 229 Å². The number of nitrogens with one attached hydrogen (secondary N) is 1. The molecule has 38 heavy (non-hydrogen) atoms. The van der Waals surface area contributed by atoms with Crippen molar-refractivity contribution in [3.05, 3.63) is 59.7 Å². The number of rotatable bonds is 10. The maximum absolute atomic E-state index is 13.4. The maximum Gasteiger partial charge on any atom is 0.306 e. The van der Waals surface area contributed by atoms with Crippen molar-refractivity contribution in [1.29, 1.82) is 0 Å². The van der Waals surface area contributed by atoms with Crippen LogP contribution in [0.5, 0.6) is 0 Å². The van der Waals surface area contributed by atoms with Crippen LogP contribution in [0, 0.1) is 0 Å². The van der Waals surface area contributed by atoms with Crippen LogP contribution in [0.3, 0.4) is 0 Å². The van der Waals surface area contributed by atoms with E-state index in [9.17, 15) is 9.59 Å². The van der Waals surface area contributed by atoms with Crippen LogP contribution < -0.4 is 5.32 Å². The van der Waals surface area contributed by atoms with Gasteiger partial charge in [-0.1, -0.05) is 61.4 Å². The second-order valence-electron chi connectivity index (χ2n) is 12.3. The van der Waals surface area contributed by atoms with Crippen molar-refractivity contribution in [2.75, 3.05) is 19.6 Å². The van der Waals surface area contributed by atoms with Crippen LogP contribution in [0.2, 0.25) is 0 Å². The number of ether oxygens (including phenoxy) is 1. The largest absolute Gasteiger partial charge is 0.460 e. The van der Waals surface area contributed by atoms with Crippen molar-refractivity contribution in [2.45, 2.75) is 103 Å². The Morgan fingerprint density at radius 3 is 2.18 bits per heavy atom. The average Bonchev–Trinajstić information content (AvgIpc) is 3.55. The van der Waals surface area contributed by atoms with E-state index in [0.29, 0.717) is 19.4 Å². The standard InChI is InChI=1S/C33H46N2O3/c1-25-9-8-23-35(25)24-19-26-11-13-27(14-12-26)28-15-17-29(18-16-28)33(20-5-6-21-33)31(37)34-22-7-10-30(36)38-32(2,3)4/h11-18,25H,5-10,19-24H2,1-4H3,(H,34,37)/t25-/m1/s1. The Kier molecular flexibility index (Phi) is 9.30. The molecule has 5 heteroatoms. The Morgan fingerprint density at radius 1 is 0.974 bits per heavy atom. The van der Waals surface area contributed by atoms with Gasteiger partial charge in [-0.2, -0.15) is 0 Å². The van der Waals surface area contributed by atoms with Gasteiger partial charge in [-0.05, 0) is 95.0 Å². The van der Waals surface area contributed by atoms with Gasteiger partial charge in [0.05, 0.1) is 5.41 Å². The molecular formula is C33H46N2O3. The fourth-order valence-corrected chi connectivity index (χ4v) is 6.06. The zero-order chi connectivity index (χ0) is 27.2. The van der Waals surface area contributed by atoms with Crippen molar-refractivity contribution in [1.82, 2.24) is 10.2 Å². The van der Waals surface area contributed by atoms with Gasteiger partial charge in [0.15, 0.2) is 0 Å². The lowest BCUT2D eigenvalue weighted by atomic mass is 9.77. The van der Waals surface area contributed by atoms with Crippen LogP contribution >= 0.6 is 0 Å². The van der Waals surface area contributed by atoms with Crippen LogP contribution in [0.15, 0.2) is 48.5 Å². The first kappa shape index (κ1) is 28.4. The fraction of sp³-hybridized carbons (Fsp3) is 0.576. The molecule has 2 aromatic carbocycles. The number of benzene rings is 2. The highest BCUT2D eigenvalue weighted by Crippen LogP contribution is 2.42. The molecule has 0 radical (unpaired) electrons. The van der Waals surface area contributed by atoms with E-state index in [4.69, 9.17) is 4.74 Å². The van der Waals surface area contributed by atoms with Gasteiger partial charge in [-0.3, -0.25) is 9.59 Å². The van der Waals surface area contributed by atoms with E-state index in [1.165, 1.54) is 36.1 Å². The monoisotopic (exact) mass is 518 g/mol. The van der Waals surface area contributed by atoms with Crippen LogP contribution in [0.1, 0.15) is 90.2 Å². The third kappa shape index (κ3) is 7.25. The Balaban J connectivity index is 1.33. The van der Waals surface area contributed by atoms with E-state index < -0.39 is 11.0 Å². The number of carbonyl (C=O) groups is 2. The molecule has 5 nitrogen and oxygen atoms in total. The molecular weight excluding hydrogens is 472 g/mol. The van der Waals surface area contributed by atoms with Crippen molar-refractivity contribution in [2.24, 2.45) is 0 Å². The summed E-state index contributed by atoms with van der Waals surface area (Å²) in [6.45, 7) is 10.8. The average molecular weight is 519 g/mol. The van der Waals surface area contributed by atoms with E-state index in [1.54, 1.807) is 0 Å². The van der Waals surface area contributed by atoms with Gasteiger partial charge in [0.2, 0.25) is 5.91 Å². The molecule has 1 saturated heterocycles. The zero-order valence-corrected chi connectivity index (χ0v) is 23.9. The smallest absolute Gasteiger partial charge is 0.306 e. The molecule has 1 aliphatic heterocycles. The maximum atomic E-state index is 13.4. The van der Waals surface area contributed by atoms with Crippen LogP contribution in [0.25, 0.3) is 11.1 Å². The summed E-state index contributed by atoms with van der Waals surface area (Å²) in [6, 6.07) is 18.3.